The van der Waals surface area contributed by atoms with Crippen molar-refractivity contribution in [3.63, 3.8) is 0 Å². The largest absolute Gasteiger partial charge is 0.478 e. The molecule has 20 heavy (non-hydrogen) atoms. The third-order valence-corrected chi connectivity index (χ3v) is 2.66. The van der Waals surface area contributed by atoms with Gasteiger partial charge in [-0.15, -0.1) is 0 Å². The van der Waals surface area contributed by atoms with Gasteiger partial charge in [0.05, 0.1) is 23.7 Å². The van der Waals surface area contributed by atoms with Crippen LogP contribution in [-0.4, -0.2) is 16.1 Å². The van der Waals surface area contributed by atoms with E-state index in [1.54, 1.807) is 12.1 Å². The zero-order chi connectivity index (χ0) is 14.5. The number of hydrogen-bond acceptors (Lipinski definition) is 5. The Morgan fingerprint density at radius 3 is 2.65 bits per heavy atom. The number of rotatable bonds is 4. The van der Waals surface area contributed by atoms with Gasteiger partial charge < -0.3 is 16.2 Å². The molecule has 0 saturated heterocycles. The second kappa shape index (κ2) is 5.71. The number of carbonyl (C=O) groups is 1. The van der Waals surface area contributed by atoms with Crippen LogP contribution in [0.1, 0.15) is 15.9 Å². The summed E-state index contributed by atoms with van der Waals surface area (Å²) < 4.78 is 0. The fourth-order valence-electron chi connectivity index (χ4n) is 1.64. The molecule has 6 nitrogen and oxygen atoms in total. The number of carboxylic acids is 1. The van der Waals surface area contributed by atoms with Gasteiger partial charge in [-0.25, -0.2) is 9.78 Å². The minimum Gasteiger partial charge on any atom is -0.478 e. The minimum absolute atomic E-state index is 0.0393. The molecule has 0 unspecified atom stereocenters. The summed E-state index contributed by atoms with van der Waals surface area (Å²) >= 11 is 0. The molecule has 0 saturated carbocycles. The molecular formula is C14H12N4O2. The number of pyridine rings is 1. The predicted molar refractivity (Wildman–Crippen MR) is 74.7 cm³/mol. The maximum Gasteiger partial charge on any atom is 0.337 e. The van der Waals surface area contributed by atoms with E-state index in [9.17, 15) is 4.79 Å². The molecule has 1 heterocycles. The highest BCUT2D eigenvalue weighted by Crippen LogP contribution is 2.21. The summed E-state index contributed by atoms with van der Waals surface area (Å²) in [6.45, 7) is 0. The van der Waals surface area contributed by atoms with E-state index in [4.69, 9.17) is 16.1 Å². The van der Waals surface area contributed by atoms with Gasteiger partial charge in [0, 0.05) is 11.9 Å². The molecule has 6 heteroatoms. The molecule has 4 N–H and O–H groups in total. The molecule has 0 aliphatic carbocycles. The Kier molecular flexibility index (Phi) is 3.82. The Bertz CT molecular complexity index is 675. The fraction of sp³-hybridized carbons (Fsp3) is 0.0714. The van der Waals surface area contributed by atoms with E-state index >= 15 is 0 Å². The third kappa shape index (κ3) is 3.03. The zero-order valence-corrected chi connectivity index (χ0v) is 10.5. The van der Waals surface area contributed by atoms with Crippen molar-refractivity contribution in [2.45, 2.75) is 6.42 Å². The van der Waals surface area contributed by atoms with Crippen LogP contribution in [-0.2, 0) is 6.42 Å². The predicted octanol–water partition coefficient (Wildman–Crippen LogP) is 2.17. The highest BCUT2D eigenvalue weighted by Gasteiger charge is 2.07. The standard InChI is InChI=1S/C14H12N4O2/c15-6-5-9-1-3-11(4-2-9)18-13-12(16)7-10(8-17-13)14(19)20/h1-4,7-8H,5,16H2,(H,17,18)(H,19,20). The first-order chi connectivity index (χ1) is 9.60. The van der Waals surface area contributed by atoms with Gasteiger partial charge in [-0.05, 0) is 23.8 Å². The lowest BCUT2D eigenvalue weighted by Crippen LogP contribution is -2.03. The quantitative estimate of drug-likeness (QED) is 0.783. The number of nitrogens with two attached hydrogens (primary N) is 1. The second-order valence-electron chi connectivity index (χ2n) is 4.12. The van der Waals surface area contributed by atoms with Crippen molar-refractivity contribution >= 4 is 23.2 Å². The summed E-state index contributed by atoms with van der Waals surface area (Å²) in [6.07, 6.45) is 1.60. The van der Waals surface area contributed by atoms with E-state index in [1.165, 1.54) is 12.3 Å². The zero-order valence-electron chi connectivity index (χ0n) is 10.5. The van der Waals surface area contributed by atoms with Crippen molar-refractivity contribution in [1.82, 2.24) is 4.98 Å². The van der Waals surface area contributed by atoms with Gasteiger partial charge >= 0.3 is 5.97 Å². The van der Waals surface area contributed by atoms with Crippen molar-refractivity contribution in [1.29, 1.82) is 5.26 Å². The van der Waals surface area contributed by atoms with Crippen LogP contribution in [0.3, 0.4) is 0 Å². The molecule has 0 radical (unpaired) electrons. The molecule has 0 atom stereocenters. The summed E-state index contributed by atoms with van der Waals surface area (Å²) in [4.78, 5) is 14.8. The maximum atomic E-state index is 10.8. The number of nitrogens with one attached hydrogen (secondary N) is 1. The minimum atomic E-state index is -1.07. The van der Waals surface area contributed by atoms with Crippen LogP contribution >= 0.6 is 0 Å². The molecule has 0 fully saturated rings. The molecule has 0 amide bonds. The SMILES string of the molecule is N#CCc1ccc(Nc2ncc(C(=O)O)cc2N)cc1. The van der Waals surface area contributed by atoms with Gasteiger partial charge in [0.2, 0.25) is 0 Å². The number of nitrogens with zero attached hydrogens (tertiary/aromatic N) is 2. The van der Waals surface area contributed by atoms with E-state index in [2.05, 4.69) is 16.4 Å². The topological polar surface area (TPSA) is 112 Å². The van der Waals surface area contributed by atoms with Gasteiger partial charge in [0.1, 0.15) is 0 Å². The molecule has 1 aromatic carbocycles. The van der Waals surface area contributed by atoms with E-state index in [1.807, 2.05) is 12.1 Å². The number of benzene rings is 1. The lowest BCUT2D eigenvalue weighted by atomic mass is 10.1. The smallest absolute Gasteiger partial charge is 0.337 e. The Morgan fingerprint density at radius 1 is 1.40 bits per heavy atom. The molecule has 0 bridgehead atoms. The Morgan fingerprint density at radius 2 is 2.10 bits per heavy atom. The van der Waals surface area contributed by atoms with E-state index in [0.717, 1.165) is 11.3 Å². The number of hydrogen-bond donors (Lipinski definition) is 3. The van der Waals surface area contributed by atoms with E-state index in [-0.39, 0.29) is 11.3 Å². The molecule has 1 aromatic heterocycles. The van der Waals surface area contributed by atoms with Crippen LogP contribution in [0.4, 0.5) is 17.2 Å². The van der Waals surface area contributed by atoms with Crippen molar-refractivity contribution in [3.05, 3.63) is 47.7 Å². The first kappa shape index (κ1) is 13.4. The average Bonchev–Trinajstić information content (AvgIpc) is 2.43. The molecule has 0 aliphatic rings. The number of aromatic carboxylic acids is 1. The number of carboxylic acid groups (broad SMARTS) is 1. The Hall–Kier alpha value is -3.07. The molecule has 2 rings (SSSR count). The van der Waals surface area contributed by atoms with Crippen molar-refractivity contribution in [3.8, 4) is 6.07 Å². The van der Waals surface area contributed by atoms with Gasteiger partial charge in [0.15, 0.2) is 5.82 Å². The number of aromatic nitrogens is 1. The van der Waals surface area contributed by atoms with Crippen molar-refractivity contribution in [2.75, 3.05) is 11.1 Å². The summed E-state index contributed by atoms with van der Waals surface area (Å²) in [5, 5.41) is 20.4. The van der Waals surface area contributed by atoms with Gasteiger partial charge in [-0.3, -0.25) is 0 Å². The lowest BCUT2D eigenvalue weighted by Gasteiger charge is -2.09. The van der Waals surface area contributed by atoms with Crippen LogP contribution in [0.2, 0.25) is 0 Å². The monoisotopic (exact) mass is 268 g/mol. The highest BCUT2D eigenvalue weighted by atomic mass is 16.4. The van der Waals surface area contributed by atoms with Crippen LogP contribution in [0, 0.1) is 11.3 Å². The summed E-state index contributed by atoms with van der Waals surface area (Å²) in [5.41, 5.74) is 7.72. The van der Waals surface area contributed by atoms with Crippen LogP contribution in [0.25, 0.3) is 0 Å². The highest BCUT2D eigenvalue weighted by molar-refractivity contribution is 5.89. The second-order valence-corrected chi connectivity index (χ2v) is 4.12. The third-order valence-electron chi connectivity index (χ3n) is 2.66. The maximum absolute atomic E-state index is 10.8. The summed E-state index contributed by atoms with van der Waals surface area (Å²) in [5.74, 6) is -0.681. The Labute approximate surface area is 115 Å². The lowest BCUT2D eigenvalue weighted by molar-refractivity contribution is 0.0696. The molecular weight excluding hydrogens is 256 g/mol. The summed E-state index contributed by atoms with van der Waals surface area (Å²) in [7, 11) is 0. The molecule has 100 valence electrons. The van der Waals surface area contributed by atoms with Gasteiger partial charge in [-0.2, -0.15) is 5.26 Å². The van der Waals surface area contributed by atoms with E-state index in [0.29, 0.717) is 12.2 Å². The molecule has 2 aromatic rings. The molecule has 0 aliphatic heterocycles. The van der Waals surface area contributed by atoms with Crippen molar-refractivity contribution in [2.24, 2.45) is 0 Å². The number of nitriles is 1. The first-order valence-corrected chi connectivity index (χ1v) is 5.82. The first-order valence-electron chi connectivity index (χ1n) is 5.82. The van der Waals surface area contributed by atoms with Gasteiger partial charge in [-0.1, -0.05) is 12.1 Å². The fourth-order valence-corrected chi connectivity index (χ4v) is 1.64. The normalized spacial score (nSPS) is 9.75. The summed E-state index contributed by atoms with van der Waals surface area (Å²) in [6, 6.07) is 10.7. The molecule has 0 spiro atoms. The number of anilines is 3. The van der Waals surface area contributed by atoms with Gasteiger partial charge in [0.25, 0.3) is 0 Å². The van der Waals surface area contributed by atoms with Crippen LogP contribution < -0.4 is 11.1 Å². The van der Waals surface area contributed by atoms with Crippen molar-refractivity contribution < 1.29 is 9.90 Å². The number of nitrogen functional groups attached to an aromatic ring is 1. The van der Waals surface area contributed by atoms with E-state index < -0.39 is 5.97 Å². The van der Waals surface area contributed by atoms with Crippen LogP contribution in [0.15, 0.2) is 36.5 Å². The average molecular weight is 268 g/mol. The van der Waals surface area contributed by atoms with Crippen LogP contribution in [0.5, 0.6) is 0 Å². The Balaban J connectivity index is 2.17.